The molecule has 0 aromatic rings. The van der Waals surface area contributed by atoms with Crippen molar-refractivity contribution in [2.75, 3.05) is 0 Å². The SMILES string of the molecule is CCC(C)(C)C(=O)CC(=O)C(F)(F)S(=O)(=O)NS(=O)(=O)C(F)(F)F. The van der Waals surface area contributed by atoms with E-state index in [2.05, 4.69) is 0 Å². The summed E-state index contributed by atoms with van der Waals surface area (Å²) < 4.78 is 107. The van der Waals surface area contributed by atoms with Crippen LogP contribution in [0.25, 0.3) is 0 Å². The van der Waals surface area contributed by atoms with Crippen LogP contribution in [-0.2, 0) is 29.6 Å². The number of hydrogen-bond acceptors (Lipinski definition) is 6. The average molecular weight is 403 g/mol. The molecule has 7 nitrogen and oxygen atoms in total. The molecule has 0 rings (SSSR count). The smallest absolute Gasteiger partial charge is 0.299 e. The number of sulfonamides is 2. The number of carbonyl (C=O) groups excluding carboxylic acids is 2. The molecule has 0 bridgehead atoms. The minimum Gasteiger partial charge on any atom is -0.299 e. The van der Waals surface area contributed by atoms with Gasteiger partial charge in [-0.2, -0.15) is 22.0 Å². The number of carbonyl (C=O) groups is 2. The van der Waals surface area contributed by atoms with Gasteiger partial charge in [0.25, 0.3) is 10.0 Å². The van der Waals surface area contributed by atoms with Crippen molar-refractivity contribution in [3.8, 4) is 0 Å². The molecular formula is C10H14F5NO6S2. The summed E-state index contributed by atoms with van der Waals surface area (Å²) in [6.45, 7) is 4.04. The number of halogens is 5. The minimum absolute atomic E-state index is 0.109. The molecule has 0 saturated carbocycles. The number of rotatable bonds is 8. The minimum atomic E-state index is -6.69. The van der Waals surface area contributed by atoms with Gasteiger partial charge in [0.05, 0.1) is 6.42 Å². The molecule has 0 aliphatic carbocycles. The molecule has 14 heteroatoms. The fraction of sp³-hybridized carbons (Fsp3) is 0.800. The van der Waals surface area contributed by atoms with Gasteiger partial charge in [-0.25, -0.2) is 16.8 Å². The first kappa shape index (κ1) is 22.9. The van der Waals surface area contributed by atoms with E-state index in [0.29, 0.717) is 0 Å². The van der Waals surface area contributed by atoms with Crippen LogP contribution in [-0.4, -0.2) is 39.2 Å². The van der Waals surface area contributed by atoms with Crippen molar-refractivity contribution < 1.29 is 48.4 Å². The highest BCUT2D eigenvalue weighted by Gasteiger charge is 2.58. The third-order valence-corrected chi connectivity index (χ3v) is 6.41. The summed E-state index contributed by atoms with van der Waals surface area (Å²) in [4.78, 5) is 23.0. The van der Waals surface area contributed by atoms with Gasteiger partial charge in [-0.05, 0) is 6.42 Å². The van der Waals surface area contributed by atoms with Crippen LogP contribution in [0.2, 0.25) is 0 Å². The van der Waals surface area contributed by atoms with Crippen LogP contribution in [0.3, 0.4) is 0 Å². The first-order chi connectivity index (χ1) is 10.3. The Labute approximate surface area is 134 Å². The maximum Gasteiger partial charge on any atom is 0.512 e. The Morgan fingerprint density at radius 3 is 1.62 bits per heavy atom. The quantitative estimate of drug-likeness (QED) is 0.483. The van der Waals surface area contributed by atoms with Gasteiger partial charge in [0.2, 0.25) is 5.78 Å². The molecule has 0 radical (unpaired) electrons. The Bertz CT molecular complexity index is 723. The predicted molar refractivity (Wildman–Crippen MR) is 70.7 cm³/mol. The summed E-state index contributed by atoms with van der Waals surface area (Å²) >= 11 is 0. The maximum absolute atomic E-state index is 13.6. The van der Waals surface area contributed by atoms with Gasteiger partial charge in [0.1, 0.15) is 5.78 Å². The lowest BCUT2D eigenvalue weighted by atomic mass is 9.83. The Kier molecular flexibility index (Phi) is 6.31. The second-order valence-electron chi connectivity index (χ2n) is 5.31. The van der Waals surface area contributed by atoms with Gasteiger partial charge < -0.3 is 0 Å². The van der Waals surface area contributed by atoms with Crippen LogP contribution in [0.4, 0.5) is 22.0 Å². The molecule has 0 heterocycles. The number of Topliss-reactive ketones (excluding diaryl/α,β-unsaturated/α-hetero) is 2. The Balaban J connectivity index is 5.59. The summed E-state index contributed by atoms with van der Waals surface area (Å²) in [5.41, 5.74) is -7.46. The molecule has 0 aliphatic heterocycles. The second-order valence-corrected chi connectivity index (χ2v) is 8.97. The summed E-state index contributed by atoms with van der Waals surface area (Å²) in [5.74, 6) is -3.62. The molecule has 24 heavy (non-hydrogen) atoms. The van der Waals surface area contributed by atoms with Gasteiger partial charge in [-0.1, -0.05) is 24.9 Å². The molecule has 0 aromatic carbocycles. The van der Waals surface area contributed by atoms with Crippen LogP contribution in [0.5, 0.6) is 0 Å². The number of nitrogens with one attached hydrogen (secondary N) is 1. The Hall–Kier alpha value is -1.15. The molecule has 0 aromatic heterocycles. The number of alkyl halides is 5. The molecule has 0 saturated heterocycles. The summed E-state index contributed by atoms with van der Waals surface area (Å²) in [6.07, 6.45) is -1.49. The average Bonchev–Trinajstić information content (AvgIpc) is 2.35. The highest BCUT2D eigenvalue weighted by Crippen LogP contribution is 2.30. The van der Waals surface area contributed by atoms with Crippen molar-refractivity contribution in [3.63, 3.8) is 0 Å². The van der Waals surface area contributed by atoms with Gasteiger partial charge >= 0.3 is 20.8 Å². The van der Waals surface area contributed by atoms with Crippen molar-refractivity contribution in [2.24, 2.45) is 5.41 Å². The molecule has 0 fully saturated rings. The Morgan fingerprint density at radius 1 is 0.875 bits per heavy atom. The fourth-order valence-corrected chi connectivity index (χ4v) is 3.40. The van der Waals surface area contributed by atoms with E-state index in [-0.39, 0.29) is 10.5 Å². The lowest BCUT2D eigenvalue weighted by molar-refractivity contribution is -0.140. The van der Waals surface area contributed by atoms with Crippen molar-refractivity contribution in [2.45, 2.75) is 44.4 Å². The van der Waals surface area contributed by atoms with E-state index in [9.17, 15) is 48.4 Å². The first-order valence-corrected chi connectivity index (χ1v) is 9.07. The van der Waals surface area contributed by atoms with Crippen molar-refractivity contribution in [1.29, 1.82) is 0 Å². The molecule has 0 spiro atoms. The van der Waals surface area contributed by atoms with Gasteiger partial charge in [-0.3, -0.25) is 9.59 Å². The highest BCUT2D eigenvalue weighted by molar-refractivity contribution is 8.05. The first-order valence-electron chi connectivity index (χ1n) is 6.10. The van der Waals surface area contributed by atoms with Crippen LogP contribution >= 0.6 is 0 Å². The Morgan fingerprint density at radius 2 is 1.29 bits per heavy atom. The van der Waals surface area contributed by atoms with Crippen molar-refractivity contribution in [3.05, 3.63) is 0 Å². The molecule has 0 aliphatic rings. The molecular weight excluding hydrogens is 389 g/mol. The van der Waals surface area contributed by atoms with Crippen LogP contribution in [0, 0.1) is 5.41 Å². The molecule has 1 N–H and O–H groups in total. The third kappa shape index (κ3) is 4.69. The largest absolute Gasteiger partial charge is 0.512 e. The predicted octanol–water partition coefficient (Wildman–Crippen LogP) is 1.31. The van der Waals surface area contributed by atoms with Gasteiger partial charge in [0, 0.05) is 5.41 Å². The summed E-state index contributed by atoms with van der Waals surface area (Å²) in [6, 6.07) is 0. The van der Waals surface area contributed by atoms with E-state index in [0.717, 1.165) is 0 Å². The van der Waals surface area contributed by atoms with E-state index in [1.54, 1.807) is 0 Å². The van der Waals surface area contributed by atoms with Crippen LogP contribution in [0.1, 0.15) is 33.6 Å². The summed E-state index contributed by atoms with van der Waals surface area (Å²) in [7, 11) is -13.3. The molecule has 0 atom stereocenters. The monoisotopic (exact) mass is 403 g/mol. The third-order valence-electron chi connectivity index (χ3n) is 3.15. The molecule has 0 unspecified atom stereocenters. The normalized spacial score (nSPS) is 14.5. The lowest BCUT2D eigenvalue weighted by Gasteiger charge is -2.22. The van der Waals surface area contributed by atoms with Gasteiger partial charge in [0.15, 0.2) is 0 Å². The van der Waals surface area contributed by atoms with E-state index < -0.39 is 54.2 Å². The maximum atomic E-state index is 13.6. The number of hydrogen-bond donors (Lipinski definition) is 1. The van der Waals surface area contributed by atoms with E-state index >= 15 is 0 Å². The highest BCUT2D eigenvalue weighted by atomic mass is 32.3. The van der Waals surface area contributed by atoms with E-state index in [4.69, 9.17) is 0 Å². The zero-order valence-electron chi connectivity index (χ0n) is 12.6. The number of ketones is 2. The molecule has 0 amide bonds. The lowest BCUT2D eigenvalue weighted by Crippen LogP contribution is -2.51. The molecule has 142 valence electrons. The van der Waals surface area contributed by atoms with Crippen molar-refractivity contribution in [1.82, 2.24) is 4.13 Å². The zero-order chi connectivity index (χ0) is 19.8. The summed E-state index contributed by atoms with van der Waals surface area (Å²) in [5, 5.41) is -5.55. The van der Waals surface area contributed by atoms with E-state index in [1.807, 2.05) is 0 Å². The topological polar surface area (TPSA) is 114 Å². The zero-order valence-corrected chi connectivity index (χ0v) is 14.2. The van der Waals surface area contributed by atoms with Crippen LogP contribution in [0.15, 0.2) is 0 Å². The van der Waals surface area contributed by atoms with Crippen molar-refractivity contribution >= 4 is 31.6 Å². The second kappa shape index (κ2) is 6.63. The van der Waals surface area contributed by atoms with Gasteiger partial charge in [-0.15, -0.1) is 0 Å². The standard InChI is InChI=1S/C10H14F5NO6S2/c1-4-8(2,3)6(17)5-7(18)9(11,12)23(19,20)16-24(21,22)10(13,14)15/h16H,4-5H2,1-3H3. The fourth-order valence-electron chi connectivity index (χ4n) is 1.08. The van der Waals surface area contributed by atoms with E-state index in [1.165, 1.54) is 20.8 Å². The van der Waals surface area contributed by atoms with Crippen LogP contribution < -0.4 is 4.13 Å².